The van der Waals surface area contributed by atoms with Crippen molar-refractivity contribution < 1.29 is 0 Å². The maximum absolute atomic E-state index is 5.38. The molecule has 0 nitrogen and oxygen atoms in total. The van der Waals surface area contributed by atoms with E-state index >= 15 is 0 Å². The van der Waals surface area contributed by atoms with Crippen LogP contribution in [0.25, 0.3) is 0 Å². The average molecular weight is 224 g/mol. The first kappa shape index (κ1) is 13.1. The van der Waals surface area contributed by atoms with Crippen LogP contribution < -0.4 is 0 Å². The van der Waals surface area contributed by atoms with E-state index in [1.807, 2.05) is 6.92 Å². The Labute approximate surface area is 80.2 Å². The van der Waals surface area contributed by atoms with Gasteiger partial charge in [0.25, 0.3) is 0 Å². The second-order valence-corrected chi connectivity index (χ2v) is 4.35. The predicted octanol–water partition coefficient (Wildman–Crippen LogP) is 3.10. The summed E-state index contributed by atoms with van der Waals surface area (Å²) >= 11 is 9.99. The van der Waals surface area contributed by atoms with Crippen LogP contribution in [0.15, 0.2) is 11.1 Å². The molecule has 54 valence electrons. The Morgan fingerprint density at radius 1 is 1.56 bits per heavy atom. The van der Waals surface area contributed by atoms with E-state index < -0.39 is 13.4 Å². The highest BCUT2D eigenvalue weighted by molar-refractivity contribution is 7.22. The molecule has 0 amide bonds. The Morgan fingerprint density at radius 3 is 1.89 bits per heavy atom. The van der Waals surface area contributed by atoms with Gasteiger partial charge in [-0.25, -0.2) is 20.1 Å². The Balaban J connectivity index is 0. The molecule has 0 aromatic heterocycles. The van der Waals surface area contributed by atoms with E-state index in [9.17, 15) is 0 Å². The number of hydrogen-bond donors (Lipinski definition) is 0. The molecule has 0 aromatic rings. The molecule has 0 atom stereocenters. The minimum Gasteiger partial charge on any atom is -0.240 e. The summed E-state index contributed by atoms with van der Waals surface area (Å²) in [6.07, 6.45) is 1.77. The summed E-state index contributed by atoms with van der Waals surface area (Å²) in [7, 11) is 9.81. The molecule has 0 radical (unpaired) electrons. The first-order chi connectivity index (χ1) is 4.22. The lowest BCUT2D eigenvalue weighted by molar-refractivity contribution is 1.59. The van der Waals surface area contributed by atoms with Gasteiger partial charge in [-0.05, 0) is 6.92 Å². The number of halogens is 4. The van der Waals surface area contributed by atoms with Crippen molar-refractivity contribution in [3.63, 3.8) is 0 Å². The summed E-state index contributed by atoms with van der Waals surface area (Å²) in [5.74, 6) is 0.429. The smallest absolute Gasteiger partial charge is 0.240 e. The van der Waals surface area contributed by atoms with Crippen molar-refractivity contribution >= 4 is 56.7 Å². The van der Waals surface area contributed by atoms with Gasteiger partial charge in [-0.3, -0.25) is 0 Å². The van der Waals surface area contributed by atoms with Crippen molar-refractivity contribution in [2.24, 2.45) is 0 Å². The van der Waals surface area contributed by atoms with Crippen molar-refractivity contribution in [3.8, 4) is 0 Å². The van der Waals surface area contributed by atoms with Gasteiger partial charge in [-0.15, -0.1) is 11.6 Å². The highest BCUT2D eigenvalue weighted by atomic mass is 35.7. The van der Waals surface area contributed by atoms with Crippen LogP contribution in [0.1, 0.15) is 6.92 Å². The van der Waals surface area contributed by atoms with Gasteiger partial charge in [0.05, 0.1) is 5.88 Å². The summed E-state index contributed by atoms with van der Waals surface area (Å²) in [6.45, 7) is 1.85. The number of hydrogen-bond acceptors (Lipinski definition) is 0. The Hall–Kier alpha value is 1.43. The number of allylic oxidation sites excluding steroid dienone is 2. The molecule has 0 aliphatic rings. The Morgan fingerprint density at radius 2 is 1.89 bits per heavy atom. The summed E-state index contributed by atoms with van der Waals surface area (Å²) in [4.78, 5) is 0. The fourth-order valence-corrected chi connectivity index (χ4v) is 0.231. The van der Waals surface area contributed by atoms with Crippen molar-refractivity contribution in [2.45, 2.75) is 6.92 Å². The predicted molar refractivity (Wildman–Crippen MR) is 49.2 cm³/mol. The molecule has 0 spiro atoms. The first-order valence-electron chi connectivity index (χ1n) is 2.21. The molecule has 0 saturated carbocycles. The van der Waals surface area contributed by atoms with Crippen molar-refractivity contribution in [2.75, 3.05) is 5.88 Å². The third kappa shape index (κ3) is 17.7. The van der Waals surface area contributed by atoms with Crippen LogP contribution in [0.3, 0.4) is 0 Å². The molecule has 9 heavy (non-hydrogen) atoms. The molecule has 5 heteroatoms. The van der Waals surface area contributed by atoms with E-state index in [0.29, 0.717) is 10.9 Å². The molecule has 0 rings (SSSR count). The Bertz CT molecular complexity index is 73.0. The fourth-order valence-electron chi connectivity index (χ4n) is 0.0772. The molecule has 0 bridgehead atoms. The highest BCUT2D eigenvalue weighted by Gasteiger charge is 1.78. The van der Waals surface area contributed by atoms with Gasteiger partial charge in [0.15, 0.2) is 0 Å². The first-order valence-corrected chi connectivity index (χ1v) is 7.40. The molecular formula is C4H7AlCl4. The zero-order chi connectivity index (χ0) is 7.70. The van der Waals surface area contributed by atoms with Crippen molar-refractivity contribution in [3.05, 3.63) is 11.1 Å². The minimum atomic E-state index is -0.639. The lowest BCUT2D eigenvalue weighted by Gasteiger charge is -1.79. The van der Waals surface area contributed by atoms with Crippen LogP contribution in [-0.4, -0.2) is 19.3 Å². The van der Waals surface area contributed by atoms with Crippen LogP contribution in [0.4, 0.5) is 0 Å². The lowest BCUT2D eigenvalue weighted by Crippen LogP contribution is -1.65. The van der Waals surface area contributed by atoms with Gasteiger partial charge in [-0.1, -0.05) is 17.7 Å². The molecular weight excluding hydrogens is 217 g/mol. The number of rotatable bonds is 1. The van der Waals surface area contributed by atoms with Crippen LogP contribution in [0, 0.1) is 0 Å². The van der Waals surface area contributed by atoms with Gasteiger partial charge in [0.2, 0.25) is 0 Å². The van der Waals surface area contributed by atoms with E-state index in [0.717, 1.165) is 0 Å². The zero-order valence-electron chi connectivity index (χ0n) is 5.00. The van der Waals surface area contributed by atoms with Crippen LogP contribution in [-0.2, 0) is 0 Å². The minimum absolute atomic E-state index is 0.429. The maximum Gasteiger partial charge on any atom is 0.499 e. The largest absolute Gasteiger partial charge is 0.499 e. The van der Waals surface area contributed by atoms with E-state index in [1.54, 1.807) is 6.08 Å². The average Bonchev–Trinajstić information content (AvgIpc) is 1.88. The van der Waals surface area contributed by atoms with Gasteiger partial charge in [-0.2, -0.15) is 0 Å². The van der Waals surface area contributed by atoms with Crippen LogP contribution in [0.2, 0.25) is 0 Å². The van der Waals surface area contributed by atoms with Crippen LogP contribution >= 0.6 is 43.3 Å². The summed E-state index contributed by atoms with van der Waals surface area (Å²) < 4.78 is 0. The highest BCUT2D eigenvalue weighted by Crippen LogP contribution is 2.00. The van der Waals surface area contributed by atoms with Gasteiger partial charge >= 0.3 is 13.4 Å². The maximum atomic E-state index is 5.38. The quantitative estimate of drug-likeness (QED) is 0.474. The summed E-state index contributed by atoms with van der Waals surface area (Å²) in [5.41, 5.74) is 0. The second kappa shape index (κ2) is 12.1. The fraction of sp³-hybridized carbons (Fsp3) is 0.500. The SMILES string of the molecule is CC=C(Cl)CCl.[Cl][AlH][Cl]. The van der Waals surface area contributed by atoms with E-state index in [2.05, 4.69) is 0 Å². The van der Waals surface area contributed by atoms with Crippen molar-refractivity contribution in [1.82, 2.24) is 0 Å². The van der Waals surface area contributed by atoms with Crippen molar-refractivity contribution in [1.29, 1.82) is 0 Å². The summed E-state index contributed by atoms with van der Waals surface area (Å²) in [6, 6.07) is 0. The topological polar surface area (TPSA) is 0 Å². The van der Waals surface area contributed by atoms with Gasteiger partial charge in [0, 0.05) is 5.03 Å². The van der Waals surface area contributed by atoms with Gasteiger partial charge < -0.3 is 0 Å². The molecule has 0 aliphatic carbocycles. The van der Waals surface area contributed by atoms with E-state index in [4.69, 9.17) is 43.3 Å². The molecule has 0 heterocycles. The molecule has 0 N–H and O–H groups in total. The molecule has 0 saturated heterocycles. The van der Waals surface area contributed by atoms with Gasteiger partial charge in [0.1, 0.15) is 0 Å². The molecule has 0 fully saturated rings. The third-order valence-corrected chi connectivity index (χ3v) is 1.22. The molecule has 0 aliphatic heterocycles. The normalized spacial score (nSPS) is 9.67. The monoisotopic (exact) mass is 222 g/mol. The van der Waals surface area contributed by atoms with E-state index in [-0.39, 0.29) is 0 Å². The third-order valence-electron chi connectivity index (χ3n) is 0.441. The zero-order valence-corrected chi connectivity index (χ0v) is 9.44. The van der Waals surface area contributed by atoms with Crippen LogP contribution in [0.5, 0.6) is 0 Å². The summed E-state index contributed by atoms with van der Waals surface area (Å²) in [5, 5.41) is 0.705. The number of alkyl halides is 1. The molecule has 0 unspecified atom stereocenters. The Kier molecular flexibility index (Phi) is 17.6. The lowest BCUT2D eigenvalue weighted by atomic mass is 10.6. The van der Waals surface area contributed by atoms with E-state index in [1.165, 1.54) is 0 Å². The molecule has 0 aromatic carbocycles. The second-order valence-electron chi connectivity index (χ2n) is 0.970. The standard InChI is InChI=1S/C4H6Cl2.Al.2ClH.H/c1-2-4(6)3-5;;;;/h2H,3H2,1H3;;2*1H;/q;+2;;;/p-2.